The molecule has 94 valence electrons. The van der Waals surface area contributed by atoms with Crippen LogP contribution in [0.25, 0.3) is 0 Å². The highest BCUT2D eigenvalue weighted by Crippen LogP contribution is 2.11. The number of benzene rings is 1. The monoisotopic (exact) mass is 309 g/mol. The first-order valence-corrected chi connectivity index (χ1v) is 6.24. The number of para-hydroxylation sites is 1. The van der Waals surface area contributed by atoms with Gasteiger partial charge in [0.25, 0.3) is 0 Å². The molecule has 0 aliphatic rings. The molecule has 1 aromatic heterocycles. The van der Waals surface area contributed by atoms with Crippen LogP contribution in [0.5, 0.6) is 5.75 Å². The lowest BCUT2D eigenvalue weighted by Crippen LogP contribution is -2.12. The Morgan fingerprint density at radius 1 is 1.22 bits per heavy atom. The number of rotatable bonds is 5. The fourth-order valence-corrected chi connectivity index (χ4v) is 1.72. The number of hydrogen-bond donors (Lipinski definition) is 1. The van der Waals surface area contributed by atoms with Gasteiger partial charge in [-0.1, -0.05) is 18.2 Å². The molecule has 18 heavy (non-hydrogen) atoms. The maximum atomic E-state index is 11.5. The maximum absolute atomic E-state index is 11.5. The zero-order valence-electron chi connectivity index (χ0n) is 9.56. The third-order valence-corrected chi connectivity index (χ3v) is 2.65. The Balaban J connectivity index is 1.71. The Hall–Kier alpha value is -1.75. The van der Waals surface area contributed by atoms with E-state index >= 15 is 0 Å². The largest absolute Gasteiger partial charge is 0.490 e. The minimum Gasteiger partial charge on any atom is -0.490 e. The molecule has 0 aliphatic heterocycles. The second-order valence-electron chi connectivity index (χ2n) is 3.53. The van der Waals surface area contributed by atoms with Crippen LogP contribution in [0, 0.1) is 0 Å². The average Bonchev–Trinajstić information content (AvgIpc) is 2.82. The summed E-state index contributed by atoms with van der Waals surface area (Å²) < 4.78 is 11.3. The van der Waals surface area contributed by atoms with Crippen molar-refractivity contribution in [1.82, 2.24) is 4.98 Å². The van der Waals surface area contributed by atoms with Gasteiger partial charge in [0.1, 0.15) is 24.7 Å². The number of ether oxygens (including phenoxy) is 2. The van der Waals surface area contributed by atoms with Crippen LogP contribution in [0.2, 0.25) is 0 Å². The number of aromatic nitrogens is 1. The average molecular weight is 310 g/mol. The number of carbonyl (C=O) groups excluding carboxylic acids is 1. The number of nitrogens with one attached hydrogen (secondary N) is 1. The first kappa shape index (κ1) is 12.7. The van der Waals surface area contributed by atoms with E-state index in [-0.39, 0.29) is 6.61 Å². The highest BCUT2D eigenvalue weighted by Gasteiger charge is 2.08. The molecule has 2 aromatic rings. The summed E-state index contributed by atoms with van der Waals surface area (Å²) in [6, 6.07) is 11.1. The van der Waals surface area contributed by atoms with E-state index in [9.17, 15) is 4.79 Å². The standard InChI is InChI=1S/C13H12BrNO3/c14-10-8-12(15-9-10)13(16)18-7-6-17-11-4-2-1-3-5-11/h1-5,8-9,15H,6-7H2. The summed E-state index contributed by atoms with van der Waals surface area (Å²) in [7, 11) is 0. The molecule has 0 atom stereocenters. The summed E-state index contributed by atoms with van der Waals surface area (Å²) >= 11 is 3.25. The zero-order valence-corrected chi connectivity index (χ0v) is 11.1. The third-order valence-electron chi connectivity index (χ3n) is 2.20. The van der Waals surface area contributed by atoms with Gasteiger partial charge in [-0.25, -0.2) is 4.79 Å². The van der Waals surface area contributed by atoms with Crippen LogP contribution in [0.1, 0.15) is 10.5 Å². The fourth-order valence-electron chi connectivity index (χ4n) is 1.37. The van der Waals surface area contributed by atoms with Gasteiger partial charge in [0.05, 0.1) is 0 Å². The van der Waals surface area contributed by atoms with Crippen LogP contribution in [-0.4, -0.2) is 24.2 Å². The highest BCUT2D eigenvalue weighted by atomic mass is 79.9. The normalized spacial score (nSPS) is 10.1. The summed E-state index contributed by atoms with van der Waals surface area (Å²) in [5.74, 6) is 0.369. The minimum atomic E-state index is -0.391. The molecule has 4 nitrogen and oxygen atoms in total. The highest BCUT2D eigenvalue weighted by molar-refractivity contribution is 9.10. The van der Waals surface area contributed by atoms with Crippen LogP contribution in [0.3, 0.4) is 0 Å². The number of carbonyl (C=O) groups is 1. The Kier molecular flexibility index (Phi) is 4.41. The van der Waals surface area contributed by atoms with Crippen LogP contribution >= 0.6 is 15.9 Å². The molecule has 0 saturated carbocycles. The molecule has 0 fully saturated rings. The molecular formula is C13H12BrNO3. The van der Waals surface area contributed by atoms with Crippen molar-refractivity contribution < 1.29 is 14.3 Å². The maximum Gasteiger partial charge on any atom is 0.354 e. The van der Waals surface area contributed by atoms with Gasteiger partial charge in [-0.3, -0.25) is 0 Å². The van der Waals surface area contributed by atoms with Crippen LogP contribution < -0.4 is 4.74 Å². The van der Waals surface area contributed by atoms with Crippen molar-refractivity contribution >= 4 is 21.9 Å². The molecule has 0 saturated heterocycles. The molecule has 2 rings (SSSR count). The summed E-state index contributed by atoms with van der Waals surface area (Å²) in [4.78, 5) is 14.3. The predicted molar refractivity (Wildman–Crippen MR) is 70.7 cm³/mol. The molecular weight excluding hydrogens is 298 g/mol. The van der Waals surface area contributed by atoms with Crippen molar-refractivity contribution in [1.29, 1.82) is 0 Å². The van der Waals surface area contributed by atoms with Crippen molar-refractivity contribution in [2.24, 2.45) is 0 Å². The molecule has 1 aromatic carbocycles. The molecule has 1 N–H and O–H groups in total. The predicted octanol–water partition coefficient (Wildman–Crippen LogP) is 3.01. The second kappa shape index (κ2) is 6.26. The molecule has 0 bridgehead atoms. The SMILES string of the molecule is O=C(OCCOc1ccccc1)c1cc(Br)c[nH]1. The molecule has 0 amide bonds. The number of halogens is 1. The fraction of sp³-hybridized carbons (Fsp3) is 0.154. The van der Waals surface area contributed by atoms with Crippen LogP contribution in [0.4, 0.5) is 0 Å². The van der Waals surface area contributed by atoms with Crippen molar-refractivity contribution in [3.05, 3.63) is 52.8 Å². The van der Waals surface area contributed by atoms with E-state index in [0.717, 1.165) is 10.2 Å². The Bertz CT molecular complexity index is 510. The topological polar surface area (TPSA) is 51.3 Å². The van der Waals surface area contributed by atoms with Gasteiger partial charge in [0.15, 0.2) is 0 Å². The van der Waals surface area contributed by atoms with Gasteiger partial charge in [-0.15, -0.1) is 0 Å². The van der Waals surface area contributed by atoms with Gasteiger partial charge in [-0.2, -0.15) is 0 Å². The summed E-state index contributed by atoms with van der Waals surface area (Å²) in [5.41, 5.74) is 0.418. The van der Waals surface area contributed by atoms with E-state index in [4.69, 9.17) is 9.47 Å². The van der Waals surface area contributed by atoms with Crippen LogP contribution in [0.15, 0.2) is 47.1 Å². The van der Waals surface area contributed by atoms with Crippen LogP contribution in [-0.2, 0) is 4.74 Å². The molecule has 0 spiro atoms. The lowest BCUT2D eigenvalue weighted by atomic mass is 10.3. The van der Waals surface area contributed by atoms with E-state index in [1.54, 1.807) is 12.3 Å². The first-order chi connectivity index (χ1) is 8.75. The molecule has 0 unspecified atom stereocenters. The van der Waals surface area contributed by atoms with E-state index in [2.05, 4.69) is 20.9 Å². The van der Waals surface area contributed by atoms with E-state index in [1.165, 1.54) is 0 Å². The van der Waals surface area contributed by atoms with Crippen molar-refractivity contribution in [3.8, 4) is 5.75 Å². The van der Waals surface area contributed by atoms with Gasteiger partial charge in [0, 0.05) is 10.7 Å². The van der Waals surface area contributed by atoms with Crippen molar-refractivity contribution in [2.45, 2.75) is 0 Å². The summed E-state index contributed by atoms with van der Waals surface area (Å²) in [5, 5.41) is 0. The number of esters is 1. The molecule has 0 aliphatic carbocycles. The van der Waals surface area contributed by atoms with Crippen molar-refractivity contribution in [2.75, 3.05) is 13.2 Å². The summed E-state index contributed by atoms with van der Waals surface area (Å²) in [6.07, 6.45) is 1.68. The van der Waals surface area contributed by atoms with E-state index < -0.39 is 5.97 Å². The molecule has 1 heterocycles. The number of H-pyrrole nitrogens is 1. The summed E-state index contributed by atoms with van der Waals surface area (Å²) in [6.45, 7) is 0.544. The quantitative estimate of drug-likeness (QED) is 0.682. The molecule has 5 heteroatoms. The van der Waals surface area contributed by atoms with Gasteiger partial charge in [0.2, 0.25) is 0 Å². The molecule has 0 radical (unpaired) electrons. The lowest BCUT2D eigenvalue weighted by molar-refractivity contribution is 0.0444. The Labute approximate surface area is 113 Å². The number of aromatic amines is 1. The van der Waals surface area contributed by atoms with Gasteiger partial charge < -0.3 is 14.5 Å². The minimum absolute atomic E-state index is 0.213. The first-order valence-electron chi connectivity index (χ1n) is 5.44. The lowest BCUT2D eigenvalue weighted by Gasteiger charge is -2.06. The van der Waals surface area contributed by atoms with E-state index in [1.807, 2.05) is 30.3 Å². The van der Waals surface area contributed by atoms with Gasteiger partial charge in [-0.05, 0) is 34.1 Å². The smallest absolute Gasteiger partial charge is 0.354 e. The Morgan fingerprint density at radius 2 is 2.00 bits per heavy atom. The Morgan fingerprint density at radius 3 is 2.67 bits per heavy atom. The third kappa shape index (κ3) is 3.63. The zero-order chi connectivity index (χ0) is 12.8. The number of hydrogen-bond acceptors (Lipinski definition) is 3. The van der Waals surface area contributed by atoms with E-state index in [0.29, 0.717) is 12.3 Å². The van der Waals surface area contributed by atoms with Crippen molar-refractivity contribution in [3.63, 3.8) is 0 Å². The second-order valence-corrected chi connectivity index (χ2v) is 4.44. The van der Waals surface area contributed by atoms with Gasteiger partial charge >= 0.3 is 5.97 Å².